The van der Waals surface area contributed by atoms with Gasteiger partial charge in [0.25, 0.3) is 5.91 Å². The van der Waals surface area contributed by atoms with Crippen LogP contribution in [-0.2, 0) is 22.6 Å². The van der Waals surface area contributed by atoms with Gasteiger partial charge in [-0.3, -0.25) is 4.79 Å². The predicted octanol–water partition coefficient (Wildman–Crippen LogP) is 3.16. The first-order valence-electron chi connectivity index (χ1n) is 13.1. The molecule has 9 heteroatoms. The van der Waals surface area contributed by atoms with E-state index in [9.17, 15) is 24.9 Å². The second-order valence-corrected chi connectivity index (χ2v) is 9.31. The Morgan fingerprint density at radius 1 is 1.00 bits per heavy atom. The van der Waals surface area contributed by atoms with E-state index >= 15 is 0 Å². The van der Waals surface area contributed by atoms with Gasteiger partial charge in [0.15, 0.2) is 0 Å². The Morgan fingerprint density at radius 3 is 2.54 bits per heavy atom. The molecule has 1 aliphatic rings. The highest BCUT2D eigenvalue weighted by molar-refractivity contribution is 6.19. The van der Waals surface area contributed by atoms with E-state index in [2.05, 4.69) is 10.6 Å². The lowest BCUT2D eigenvalue weighted by Crippen LogP contribution is -2.30. The third kappa shape index (κ3) is 9.12. The van der Waals surface area contributed by atoms with Crippen molar-refractivity contribution in [2.45, 2.75) is 57.7 Å². The quantitative estimate of drug-likeness (QED) is 0.162. The van der Waals surface area contributed by atoms with Gasteiger partial charge in [0.1, 0.15) is 5.75 Å². The fourth-order valence-electron chi connectivity index (χ4n) is 4.27. The molecule has 1 aliphatic heterocycles. The summed E-state index contributed by atoms with van der Waals surface area (Å²) in [6, 6.07) is 12.0. The molecule has 0 radical (unpaired) electrons. The first-order chi connectivity index (χ1) is 18.0. The molecule has 3 amide bonds. The molecule has 2 aromatic rings. The Bertz CT molecular complexity index is 999. The molecule has 0 aliphatic carbocycles. The monoisotopic (exact) mass is 513 g/mol. The number of nitrogens with one attached hydrogen (secondary N) is 2. The highest BCUT2D eigenvalue weighted by atomic mass is 16.5. The number of ether oxygens (including phenoxy) is 1. The van der Waals surface area contributed by atoms with Gasteiger partial charge in [0, 0.05) is 25.3 Å². The number of aromatic hydroxyl groups is 1. The summed E-state index contributed by atoms with van der Waals surface area (Å²) in [4.78, 5) is 24.9. The predicted molar refractivity (Wildman–Crippen MR) is 141 cm³/mol. The summed E-state index contributed by atoms with van der Waals surface area (Å²) in [5, 5.41) is 34.9. The number of hydrogen-bond donors (Lipinski definition) is 5. The van der Waals surface area contributed by atoms with Crippen molar-refractivity contribution >= 4 is 17.6 Å². The van der Waals surface area contributed by atoms with Gasteiger partial charge in [-0.2, -0.15) is 0 Å². The van der Waals surface area contributed by atoms with Crippen LogP contribution in [0, 0.1) is 0 Å². The Balaban J connectivity index is 1.16. The van der Waals surface area contributed by atoms with Gasteiger partial charge in [-0.15, -0.1) is 0 Å². The van der Waals surface area contributed by atoms with Crippen LogP contribution in [0.5, 0.6) is 5.75 Å². The largest absolute Gasteiger partial charge is 0.508 e. The topological polar surface area (TPSA) is 131 Å². The molecule has 0 saturated carbocycles. The molecule has 3 rings (SSSR count). The zero-order chi connectivity index (χ0) is 26.5. The molecule has 37 heavy (non-hydrogen) atoms. The van der Waals surface area contributed by atoms with E-state index in [4.69, 9.17) is 4.74 Å². The van der Waals surface area contributed by atoms with Crippen LogP contribution in [0.2, 0.25) is 0 Å². The number of carbonyl (C=O) groups is 2. The van der Waals surface area contributed by atoms with Crippen LogP contribution < -0.4 is 15.5 Å². The number of carbonyl (C=O) groups excluding carboxylic acids is 2. The van der Waals surface area contributed by atoms with Gasteiger partial charge >= 0.3 is 6.03 Å². The van der Waals surface area contributed by atoms with Gasteiger partial charge in [-0.05, 0) is 74.0 Å². The fraction of sp³-hybridized carbons (Fsp3) is 0.500. The summed E-state index contributed by atoms with van der Waals surface area (Å²) in [5.41, 5.74) is 2.81. The van der Waals surface area contributed by atoms with Gasteiger partial charge in [0.2, 0.25) is 0 Å². The van der Waals surface area contributed by atoms with Crippen LogP contribution in [0.15, 0.2) is 42.5 Å². The molecule has 0 unspecified atom stereocenters. The van der Waals surface area contributed by atoms with Crippen LogP contribution in [0.3, 0.4) is 0 Å². The molecule has 1 atom stereocenters. The van der Waals surface area contributed by atoms with Crippen molar-refractivity contribution in [2.24, 2.45) is 0 Å². The SMILES string of the molecule is O=C1CNC(=O)N1c1cccc(CCCCOCCCCCCNC[C@H](O)c2ccc(O)c(CO)c2)c1. The number of aliphatic hydroxyl groups is 2. The van der Waals surface area contributed by atoms with Crippen molar-refractivity contribution in [1.29, 1.82) is 0 Å². The average molecular weight is 514 g/mol. The average Bonchev–Trinajstić information content (AvgIpc) is 3.24. The zero-order valence-corrected chi connectivity index (χ0v) is 21.3. The van der Waals surface area contributed by atoms with Crippen molar-refractivity contribution in [3.8, 4) is 5.75 Å². The zero-order valence-electron chi connectivity index (χ0n) is 21.3. The lowest BCUT2D eigenvalue weighted by atomic mass is 10.1. The number of benzene rings is 2. The molecular formula is C28H39N3O6. The first-order valence-corrected chi connectivity index (χ1v) is 13.1. The van der Waals surface area contributed by atoms with Gasteiger partial charge in [0.05, 0.1) is 24.9 Å². The fourth-order valence-corrected chi connectivity index (χ4v) is 4.27. The van der Waals surface area contributed by atoms with Crippen molar-refractivity contribution in [3.05, 3.63) is 59.2 Å². The van der Waals surface area contributed by atoms with E-state index in [0.29, 0.717) is 23.4 Å². The minimum atomic E-state index is -0.681. The first kappa shape index (κ1) is 28.6. The number of anilines is 1. The Morgan fingerprint density at radius 2 is 1.78 bits per heavy atom. The second kappa shape index (κ2) is 15.3. The Kier molecular flexibility index (Phi) is 11.8. The number of hydrogen-bond acceptors (Lipinski definition) is 7. The van der Waals surface area contributed by atoms with Gasteiger partial charge < -0.3 is 30.7 Å². The number of phenols is 1. The summed E-state index contributed by atoms with van der Waals surface area (Å²) >= 11 is 0. The van der Waals surface area contributed by atoms with E-state index < -0.39 is 6.10 Å². The number of imide groups is 1. The van der Waals surface area contributed by atoms with Crippen molar-refractivity contribution in [1.82, 2.24) is 10.6 Å². The molecule has 2 aromatic carbocycles. The van der Waals surface area contributed by atoms with E-state index in [1.54, 1.807) is 18.2 Å². The Labute approximate surface area is 218 Å². The number of aliphatic hydroxyl groups excluding tert-OH is 2. The number of nitrogens with zero attached hydrogens (tertiary/aromatic N) is 1. The summed E-state index contributed by atoms with van der Waals surface area (Å²) < 4.78 is 5.75. The smallest absolute Gasteiger partial charge is 0.329 e. The van der Waals surface area contributed by atoms with Crippen molar-refractivity contribution in [3.63, 3.8) is 0 Å². The molecule has 1 fully saturated rings. The highest BCUT2D eigenvalue weighted by Crippen LogP contribution is 2.22. The van der Waals surface area contributed by atoms with Crippen LogP contribution in [-0.4, -0.2) is 60.1 Å². The molecule has 1 heterocycles. The second-order valence-electron chi connectivity index (χ2n) is 9.31. The van der Waals surface area contributed by atoms with Gasteiger partial charge in [-0.1, -0.05) is 31.0 Å². The molecule has 0 bridgehead atoms. The van der Waals surface area contributed by atoms with Crippen LogP contribution >= 0.6 is 0 Å². The van der Waals surface area contributed by atoms with Crippen LogP contribution in [0.1, 0.15) is 61.3 Å². The van der Waals surface area contributed by atoms with E-state index in [0.717, 1.165) is 70.3 Å². The minimum Gasteiger partial charge on any atom is -0.508 e. The molecule has 202 valence electrons. The summed E-state index contributed by atoms with van der Waals surface area (Å²) in [7, 11) is 0. The standard InChI is InChI=1S/C28H39N3O6/c32-20-23-17-22(11-12-25(23)33)26(34)18-29-13-4-1-2-5-14-37-15-6-3-8-21-9-7-10-24(16-21)31-27(35)19-30-28(31)36/h7,9-12,16-17,26,29,32-34H,1-6,8,13-15,18-20H2,(H,30,36)/t26-/m0/s1. The number of unbranched alkanes of at least 4 members (excludes halogenated alkanes) is 4. The maximum atomic E-state index is 11.9. The number of urea groups is 1. The maximum Gasteiger partial charge on any atom is 0.329 e. The summed E-state index contributed by atoms with van der Waals surface area (Å²) in [6.45, 7) is 2.51. The van der Waals surface area contributed by atoms with Crippen LogP contribution in [0.4, 0.5) is 10.5 Å². The van der Waals surface area contributed by atoms with Crippen molar-refractivity contribution in [2.75, 3.05) is 37.7 Å². The minimum absolute atomic E-state index is 0.0337. The van der Waals surface area contributed by atoms with E-state index in [-0.39, 0.29) is 30.8 Å². The molecule has 0 spiro atoms. The molecule has 0 aromatic heterocycles. The summed E-state index contributed by atoms with van der Waals surface area (Å²) in [6.07, 6.45) is 6.36. The third-order valence-corrected chi connectivity index (χ3v) is 6.40. The lowest BCUT2D eigenvalue weighted by molar-refractivity contribution is -0.115. The third-order valence-electron chi connectivity index (χ3n) is 6.40. The maximum absolute atomic E-state index is 11.9. The number of aryl methyl sites for hydroxylation is 1. The van der Waals surface area contributed by atoms with E-state index in [1.165, 1.54) is 11.0 Å². The molecular weight excluding hydrogens is 474 g/mol. The normalized spacial score (nSPS) is 14.3. The lowest BCUT2D eigenvalue weighted by Gasteiger charge is -2.14. The van der Waals surface area contributed by atoms with Crippen LogP contribution in [0.25, 0.3) is 0 Å². The number of amides is 3. The van der Waals surface area contributed by atoms with Crippen molar-refractivity contribution < 1.29 is 29.6 Å². The summed E-state index contributed by atoms with van der Waals surface area (Å²) in [5.74, 6) is -0.194. The van der Waals surface area contributed by atoms with Gasteiger partial charge in [-0.25, -0.2) is 9.69 Å². The molecule has 9 nitrogen and oxygen atoms in total. The molecule has 1 saturated heterocycles. The molecule has 5 N–H and O–H groups in total. The Hall–Kier alpha value is -2.98. The van der Waals surface area contributed by atoms with E-state index in [1.807, 2.05) is 18.2 Å². The number of rotatable bonds is 17. The highest BCUT2D eigenvalue weighted by Gasteiger charge is 2.29.